The Balaban J connectivity index is 3.82. The summed E-state index contributed by atoms with van der Waals surface area (Å²) >= 11 is 0. The molecule has 0 amide bonds. The van der Waals surface area contributed by atoms with E-state index in [2.05, 4.69) is 11.7 Å². The molecule has 37 heavy (non-hydrogen) atoms. The van der Waals surface area contributed by atoms with Crippen molar-refractivity contribution < 1.29 is 54.2 Å². The maximum absolute atomic E-state index is 13.3. The van der Waals surface area contributed by atoms with Gasteiger partial charge in [-0.2, -0.15) is 26.3 Å². The van der Waals surface area contributed by atoms with Crippen molar-refractivity contribution in [1.29, 1.82) is 0 Å². The lowest BCUT2D eigenvalue weighted by molar-refractivity contribution is -0.344. The number of unbranched alkanes of at least 4 members (excludes halogenated alkanes) is 12. The van der Waals surface area contributed by atoms with E-state index < -0.39 is 49.2 Å². The summed E-state index contributed by atoms with van der Waals surface area (Å²) in [5, 5.41) is 0. The Kier molecular flexibility index (Phi) is 17.8. The van der Waals surface area contributed by atoms with Crippen LogP contribution >= 0.6 is 0 Å². The summed E-state index contributed by atoms with van der Waals surface area (Å²) in [6, 6.07) is 0. The number of esters is 2. The molecule has 0 N–H and O–H groups in total. The Morgan fingerprint density at radius 1 is 0.622 bits per heavy atom. The summed E-state index contributed by atoms with van der Waals surface area (Å²) in [6.07, 6.45) is 8.89. The molecule has 0 heterocycles. The van der Waals surface area contributed by atoms with Gasteiger partial charge in [-0.1, -0.05) is 84.0 Å². The first-order chi connectivity index (χ1) is 17.3. The van der Waals surface area contributed by atoms with Crippen molar-refractivity contribution in [3.63, 3.8) is 0 Å². The summed E-state index contributed by atoms with van der Waals surface area (Å²) in [5.74, 6) is -20.6. The smallest absolute Gasteiger partial charge is 0.381 e. The highest BCUT2D eigenvalue weighted by atomic mass is 19.4. The summed E-state index contributed by atoms with van der Waals surface area (Å²) < 4.78 is 111. The van der Waals surface area contributed by atoms with Crippen molar-refractivity contribution in [3.8, 4) is 0 Å². The van der Waals surface area contributed by atoms with Crippen LogP contribution in [0.15, 0.2) is 0 Å². The predicted molar refractivity (Wildman–Crippen MR) is 122 cm³/mol. The molecule has 4 nitrogen and oxygen atoms in total. The van der Waals surface area contributed by atoms with Crippen LogP contribution in [-0.2, 0) is 19.1 Å². The SMILES string of the molecule is CCCCCCCCCCCCCCCOC(=O)CCCC(=O)OCC(F)(F)C(F)(F)C(F)(F)C(F)F. The zero-order chi connectivity index (χ0) is 28.4. The molecule has 0 rings (SSSR count). The van der Waals surface area contributed by atoms with Crippen molar-refractivity contribution in [3.05, 3.63) is 0 Å². The minimum absolute atomic E-state index is 0.181. The van der Waals surface area contributed by atoms with E-state index in [9.17, 15) is 44.7 Å². The van der Waals surface area contributed by atoms with E-state index in [4.69, 9.17) is 4.74 Å². The molecule has 0 aliphatic heterocycles. The lowest BCUT2D eigenvalue weighted by Gasteiger charge is -2.31. The molecule has 0 unspecified atom stereocenters. The van der Waals surface area contributed by atoms with Gasteiger partial charge in [-0.05, 0) is 12.8 Å². The first kappa shape index (κ1) is 35.4. The van der Waals surface area contributed by atoms with E-state index in [0.717, 1.165) is 19.3 Å². The molecule has 0 aliphatic carbocycles. The molecule has 220 valence electrons. The normalized spacial score (nSPS) is 12.7. The molecule has 0 radical (unpaired) electrons. The van der Waals surface area contributed by atoms with Crippen LogP contribution in [-0.4, -0.2) is 49.3 Å². The fourth-order valence-corrected chi connectivity index (χ4v) is 3.47. The van der Waals surface area contributed by atoms with E-state index in [1.807, 2.05) is 0 Å². The van der Waals surface area contributed by atoms with Crippen LogP contribution in [0.2, 0.25) is 0 Å². The van der Waals surface area contributed by atoms with Gasteiger partial charge in [0.1, 0.15) is 0 Å². The van der Waals surface area contributed by atoms with E-state index in [1.54, 1.807) is 0 Å². The highest BCUT2D eigenvalue weighted by Crippen LogP contribution is 2.48. The van der Waals surface area contributed by atoms with E-state index in [-0.39, 0.29) is 19.4 Å². The van der Waals surface area contributed by atoms with Gasteiger partial charge in [0.25, 0.3) is 0 Å². The number of rotatable bonds is 23. The fraction of sp³-hybridized carbons (Fsp3) is 0.920. The monoisotopic (exact) mass is 556 g/mol. The second-order valence-electron chi connectivity index (χ2n) is 9.18. The fourth-order valence-electron chi connectivity index (χ4n) is 3.47. The molecular weight excluding hydrogens is 516 g/mol. The molecule has 0 saturated heterocycles. The molecule has 0 spiro atoms. The van der Waals surface area contributed by atoms with Gasteiger partial charge in [-0.25, -0.2) is 8.78 Å². The summed E-state index contributed by atoms with van der Waals surface area (Å²) in [7, 11) is 0. The van der Waals surface area contributed by atoms with Crippen molar-refractivity contribution in [2.75, 3.05) is 13.2 Å². The molecule has 0 aliphatic rings. The quantitative estimate of drug-likeness (QED) is 0.0719. The molecule has 0 atom stereocenters. The third-order valence-electron chi connectivity index (χ3n) is 5.84. The minimum Gasteiger partial charge on any atom is -0.466 e. The van der Waals surface area contributed by atoms with E-state index in [1.165, 1.54) is 57.8 Å². The molecule has 0 aromatic carbocycles. The molecule has 0 bridgehead atoms. The third-order valence-corrected chi connectivity index (χ3v) is 5.84. The van der Waals surface area contributed by atoms with Gasteiger partial charge in [0.2, 0.25) is 0 Å². The first-order valence-electron chi connectivity index (χ1n) is 13.0. The van der Waals surface area contributed by atoms with Gasteiger partial charge < -0.3 is 9.47 Å². The lowest BCUT2D eigenvalue weighted by atomic mass is 10.0. The van der Waals surface area contributed by atoms with Gasteiger partial charge in [0, 0.05) is 12.8 Å². The van der Waals surface area contributed by atoms with Gasteiger partial charge in [-0.3, -0.25) is 9.59 Å². The Labute approximate surface area is 213 Å². The van der Waals surface area contributed by atoms with Crippen molar-refractivity contribution in [2.24, 2.45) is 0 Å². The summed E-state index contributed by atoms with van der Waals surface area (Å²) in [5.41, 5.74) is 0. The topological polar surface area (TPSA) is 52.6 Å². The van der Waals surface area contributed by atoms with Gasteiger partial charge >= 0.3 is 36.1 Å². The highest BCUT2D eigenvalue weighted by molar-refractivity contribution is 5.72. The van der Waals surface area contributed by atoms with Gasteiger partial charge in [0.15, 0.2) is 6.61 Å². The van der Waals surface area contributed by atoms with Crippen molar-refractivity contribution >= 4 is 11.9 Å². The van der Waals surface area contributed by atoms with Crippen molar-refractivity contribution in [1.82, 2.24) is 0 Å². The van der Waals surface area contributed by atoms with Crippen LogP contribution < -0.4 is 0 Å². The Bertz CT molecular complexity index is 630. The van der Waals surface area contributed by atoms with E-state index >= 15 is 0 Å². The molecule has 12 heteroatoms. The van der Waals surface area contributed by atoms with Crippen molar-refractivity contribution in [2.45, 2.75) is 134 Å². The van der Waals surface area contributed by atoms with Crippen LogP contribution in [0.1, 0.15) is 110 Å². The molecule has 0 aromatic heterocycles. The standard InChI is InChI=1S/C25H40F8O4/c1-2-3-4-5-6-7-8-9-10-11-12-13-14-18-36-20(34)16-15-17-21(35)37-19-23(28,29)25(32,33)24(30,31)22(26)27/h22H,2-19H2,1H3. The van der Waals surface area contributed by atoms with E-state index in [0.29, 0.717) is 6.42 Å². The number of halogens is 8. The predicted octanol–water partition coefficient (Wildman–Crippen LogP) is 8.51. The first-order valence-corrected chi connectivity index (χ1v) is 13.0. The lowest BCUT2D eigenvalue weighted by Crippen LogP contribution is -2.59. The van der Waals surface area contributed by atoms with Crippen LogP contribution in [0.4, 0.5) is 35.1 Å². The number of alkyl halides is 8. The zero-order valence-electron chi connectivity index (χ0n) is 21.5. The van der Waals surface area contributed by atoms with Gasteiger partial charge in [-0.15, -0.1) is 0 Å². The number of hydrogen-bond donors (Lipinski definition) is 0. The molecule has 0 aromatic rings. The molecular formula is C25H40F8O4. The van der Waals surface area contributed by atoms with Gasteiger partial charge in [0.05, 0.1) is 6.61 Å². The highest BCUT2D eigenvalue weighted by Gasteiger charge is 2.75. The number of carbonyl (C=O) groups excluding carboxylic acids is 2. The number of carbonyl (C=O) groups is 2. The van der Waals surface area contributed by atoms with Crippen LogP contribution in [0.3, 0.4) is 0 Å². The molecule has 0 saturated carbocycles. The average Bonchev–Trinajstić information content (AvgIpc) is 2.82. The Hall–Kier alpha value is -1.62. The summed E-state index contributed by atoms with van der Waals surface area (Å²) in [6.45, 7) is -0.130. The zero-order valence-corrected chi connectivity index (χ0v) is 21.5. The maximum Gasteiger partial charge on any atom is 0.381 e. The van der Waals surface area contributed by atoms with Crippen LogP contribution in [0, 0.1) is 0 Å². The second kappa shape index (κ2) is 18.6. The second-order valence-corrected chi connectivity index (χ2v) is 9.18. The Morgan fingerprint density at radius 2 is 1.03 bits per heavy atom. The number of ether oxygens (including phenoxy) is 2. The number of hydrogen-bond acceptors (Lipinski definition) is 4. The molecule has 0 fully saturated rings. The summed E-state index contributed by atoms with van der Waals surface area (Å²) in [4.78, 5) is 23.0. The maximum atomic E-state index is 13.3. The Morgan fingerprint density at radius 3 is 1.46 bits per heavy atom. The third kappa shape index (κ3) is 14.2. The minimum atomic E-state index is -6.44. The largest absolute Gasteiger partial charge is 0.466 e. The van der Waals surface area contributed by atoms with Crippen LogP contribution in [0.5, 0.6) is 0 Å². The van der Waals surface area contributed by atoms with Crippen LogP contribution in [0.25, 0.3) is 0 Å². The average molecular weight is 557 g/mol.